The van der Waals surface area contributed by atoms with Gasteiger partial charge in [-0.3, -0.25) is 14.7 Å². The number of hydrogen-bond donors (Lipinski definition) is 3. The van der Waals surface area contributed by atoms with Crippen LogP contribution in [-0.4, -0.2) is 66.7 Å². The molecule has 3 aromatic rings. The van der Waals surface area contributed by atoms with Gasteiger partial charge in [-0.05, 0) is 68.3 Å². The zero-order valence-corrected chi connectivity index (χ0v) is 20.3. The number of piperazine rings is 1. The highest BCUT2D eigenvalue weighted by atomic mass is 16.2. The van der Waals surface area contributed by atoms with Gasteiger partial charge < -0.3 is 20.4 Å². The molecule has 2 amide bonds. The molecule has 2 heterocycles. The number of anilines is 2. The van der Waals surface area contributed by atoms with E-state index in [4.69, 9.17) is 0 Å². The van der Waals surface area contributed by atoms with Crippen molar-refractivity contribution in [1.29, 1.82) is 0 Å². The molecule has 2 fully saturated rings. The molecule has 0 bridgehead atoms. The lowest BCUT2D eigenvalue weighted by molar-refractivity contribution is 0.0943. The number of amides is 2. The monoisotopic (exact) mass is 474 g/mol. The van der Waals surface area contributed by atoms with Crippen LogP contribution in [0.15, 0.2) is 42.5 Å². The predicted molar refractivity (Wildman–Crippen MR) is 139 cm³/mol. The lowest BCUT2D eigenvalue weighted by Crippen LogP contribution is -2.44. The molecule has 2 aromatic carbocycles. The molecule has 8 heteroatoms. The minimum absolute atomic E-state index is 0.0876. The Bertz CT molecular complexity index is 1170. The van der Waals surface area contributed by atoms with Gasteiger partial charge in [0.2, 0.25) is 0 Å². The number of aromatic nitrogens is 2. The first kappa shape index (κ1) is 23.4. The molecule has 0 unspecified atom stereocenters. The Morgan fingerprint density at radius 2 is 1.66 bits per heavy atom. The zero-order chi connectivity index (χ0) is 24.2. The van der Waals surface area contributed by atoms with Gasteiger partial charge in [0.1, 0.15) is 0 Å². The molecule has 8 nitrogen and oxygen atoms in total. The van der Waals surface area contributed by atoms with Gasteiger partial charge in [-0.25, -0.2) is 0 Å². The number of hydrogen-bond acceptors (Lipinski definition) is 5. The van der Waals surface area contributed by atoms with E-state index >= 15 is 0 Å². The summed E-state index contributed by atoms with van der Waals surface area (Å²) >= 11 is 0. The maximum atomic E-state index is 12.9. The van der Waals surface area contributed by atoms with Crippen LogP contribution in [0, 0.1) is 5.92 Å². The number of nitrogens with zero attached hydrogens (tertiary/aromatic N) is 3. The number of benzene rings is 2. The van der Waals surface area contributed by atoms with Crippen LogP contribution in [-0.2, 0) is 0 Å². The summed E-state index contributed by atoms with van der Waals surface area (Å²) in [6.45, 7) is 4.76. The van der Waals surface area contributed by atoms with Crippen molar-refractivity contribution < 1.29 is 9.59 Å². The third kappa shape index (κ3) is 5.48. The Morgan fingerprint density at radius 3 is 2.40 bits per heavy atom. The second-order valence-corrected chi connectivity index (χ2v) is 9.84. The topological polar surface area (TPSA) is 93.4 Å². The van der Waals surface area contributed by atoms with Gasteiger partial charge >= 0.3 is 0 Å². The van der Waals surface area contributed by atoms with E-state index < -0.39 is 0 Å². The third-order valence-corrected chi connectivity index (χ3v) is 7.33. The maximum absolute atomic E-state index is 12.9. The molecule has 1 saturated heterocycles. The molecule has 35 heavy (non-hydrogen) atoms. The van der Waals surface area contributed by atoms with Crippen molar-refractivity contribution in [2.45, 2.75) is 32.1 Å². The second kappa shape index (κ2) is 10.5. The summed E-state index contributed by atoms with van der Waals surface area (Å²) in [5, 5.41) is 13.9. The van der Waals surface area contributed by atoms with Crippen LogP contribution in [0.1, 0.15) is 52.8 Å². The summed E-state index contributed by atoms with van der Waals surface area (Å²) in [4.78, 5) is 30.3. The average Bonchev–Trinajstić information content (AvgIpc) is 3.30. The highest BCUT2D eigenvalue weighted by Crippen LogP contribution is 2.25. The number of nitrogens with one attached hydrogen (secondary N) is 3. The third-order valence-electron chi connectivity index (χ3n) is 7.33. The van der Waals surface area contributed by atoms with Crippen LogP contribution in [0.3, 0.4) is 0 Å². The molecule has 184 valence electrons. The van der Waals surface area contributed by atoms with Crippen molar-refractivity contribution >= 4 is 34.2 Å². The van der Waals surface area contributed by atoms with Crippen LogP contribution in [0.25, 0.3) is 10.9 Å². The van der Waals surface area contributed by atoms with Crippen LogP contribution < -0.4 is 15.5 Å². The summed E-state index contributed by atoms with van der Waals surface area (Å²) in [5.74, 6) is 0.684. The Hall–Kier alpha value is -3.39. The molecule has 0 spiro atoms. The molecule has 1 aromatic heterocycles. The minimum Gasteiger partial charge on any atom is -0.369 e. The molecular weight excluding hydrogens is 440 g/mol. The molecular formula is C27H34N6O2. The first-order valence-electron chi connectivity index (χ1n) is 12.7. The van der Waals surface area contributed by atoms with Crippen LogP contribution >= 0.6 is 0 Å². The zero-order valence-electron chi connectivity index (χ0n) is 20.3. The second-order valence-electron chi connectivity index (χ2n) is 9.84. The molecule has 0 radical (unpaired) electrons. The number of rotatable bonds is 6. The van der Waals surface area contributed by atoms with Crippen molar-refractivity contribution in [2.24, 2.45) is 5.92 Å². The molecule has 1 aliphatic heterocycles. The van der Waals surface area contributed by atoms with E-state index in [9.17, 15) is 9.59 Å². The number of likely N-dealkylation sites (N-methyl/N-ethyl adjacent to an activating group) is 1. The van der Waals surface area contributed by atoms with Gasteiger partial charge in [-0.1, -0.05) is 19.3 Å². The maximum Gasteiger partial charge on any atom is 0.256 e. The number of carbonyl (C=O) groups excluding carboxylic acids is 2. The number of carbonyl (C=O) groups is 2. The fourth-order valence-electron chi connectivity index (χ4n) is 5.05. The molecule has 3 N–H and O–H groups in total. The van der Waals surface area contributed by atoms with Crippen LogP contribution in [0.2, 0.25) is 0 Å². The quantitative estimate of drug-likeness (QED) is 0.504. The molecule has 2 aliphatic rings. The fourth-order valence-corrected chi connectivity index (χ4v) is 5.05. The SMILES string of the molecule is CN1CCN(c2ccc(C(=O)Nc3n[nH]c4ccc(C(=O)NCC5CCCCC5)cc34)cc2)CC1. The number of fused-ring (bicyclic) bond motifs is 1. The smallest absolute Gasteiger partial charge is 0.256 e. The Morgan fingerprint density at radius 1 is 0.943 bits per heavy atom. The van der Waals surface area contributed by atoms with Gasteiger partial charge in [-0.2, -0.15) is 5.10 Å². The largest absolute Gasteiger partial charge is 0.369 e. The van der Waals surface area contributed by atoms with E-state index in [1.54, 1.807) is 12.1 Å². The predicted octanol–water partition coefficient (Wildman–Crippen LogP) is 3.88. The summed E-state index contributed by atoms with van der Waals surface area (Å²) in [6.07, 6.45) is 6.18. The van der Waals surface area contributed by atoms with Crippen molar-refractivity contribution in [3.05, 3.63) is 53.6 Å². The molecule has 0 atom stereocenters. The first-order chi connectivity index (χ1) is 17.1. The molecule has 1 saturated carbocycles. The van der Waals surface area contributed by atoms with E-state index in [2.05, 4.69) is 37.7 Å². The van der Waals surface area contributed by atoms with Crippen molar-refractivity contribution in [3.63, 3.8) is 0 Å². The summed E-state index contributed by atoms with van der Waals surface area (Å²) in [6, 6.07) is 13.1. The Kier molecular flexibility index (Phi) is 6.99. The normalized spacial score (nSPS) is 17.5. The minimum atomic E-state index is -0.226. The average molecular weight is 475 g/mol. The lowest BCUT2D eigenvalue weighted by atomic mass is 9.89. The lowest BCUT2D eigenvalue weighted by Gasteiger charge is -2.34. The van der Waals surface area contributed by atoms with E-state index in [0.717, 1.165) is 49.3 Å². The van der Waals surface area contributed by atoms with Crippen LogP contribution in [0.5, 0.6) is 0 Å². The summed E-state index contributed by atoms with van der Waals surface area (Å²) in [7, 11) is 2.14. The first-order valence-corrected chi connectivity index (χ1v) is 12.7. The van der Waals surface area contributed by atoms with Gasteiger partial charge in [0, 0.05) is 54.9 Å². The molecule has 1 aliphatic carbocycles. The van der Waals surface area contributed by atoms with Crippen LogP contribution in [0.4, 0.5) is 11.5 Å². The van der Waals surface area contributed by atoms with Crippen molar-refractivity contribution in [1.82, 2.24) is 20.4 Å². The standard InChI is InChI=1S/C27H34N6O2/c1-32-13-15-33(16-14-32)22-10-7-20(8-11-22)27(35)29-25-23-17-21(9-12-24(23)30-31-25)26(34)28-18-19-5-3-2-4-6-19/h7-12,17,19H,2-6,13-16,18H2,1H3,(H,28,34)(H2,29,30,31,35). The molecule has 5 rings (SSSR count). The van der Waals surface area contributed by atoms with E-state index in [0.29, 0.717) is 22.9 Å². The Balaban J connectivity index is 1.24. The van der Waals surface area contributed by atoms with E-state index in [1.807, 2.05) is 30.3 Å². The van der Waals surface area contributed by atoms with Crippen molar-refractivity contribution in [3.8, 4) is 0 Å². The van der Waals surface area contributed by atoms with Gasteiger partial charge in [0.15, 0.2) is 5.82 Å². The fraction of sp³-hybridized carbons (Fsp3) is 0.444. The highest BCUT2D eigenvalue weighted by molar-refractivity contribution is 6.09. The number of aromatic amines is 1. The van der Waals surface area contributed by atoms with Crippen molar-refractivity contribution in [2.75, 3.05) is 50.0 Å². The Labute approximate surface area is 206 Å². The van der Waals surface area contributed by atoms with E-state index in [1.165, 1.54) is 32.1 Å². The highest BCUT2D eigenvalue weighted by Gasteiger charge is 2.18. The van der Waals surface area contributed by atoms with Gasteiger partial charge in [0.05, 0.1) is 5.52 Å². The van der Waals surface area contributed by atoms with Gasteiger partial charge in [0.25, 0.3) is 11.8 Å². The summed E-state index contributed by atoms with van der Waals surface area (Å²) in [5.41, 5.74) is 3.04. The van der Waals surface area contributed by atoms with E-state index in [-0.39, 0.29) is 11.8 Å². The number of H-pyrrole nitrogens is 1. The summed E-state index contributed by atoms with van der Waals surface area (Å²) < 4.78 is 0. The van der Waals surface area contributed by atoms with Gasteiger partial charge in [-0.15, -0.1) is 0 Å².